The molecule has 7 nitrogen and oxygen atoms in total. The van der Waals surface area contributed by atoms with Gasteiger partial charge in [-0.1, -0.05) is 83.5 Å². The van der Waals surface area contributed by atoms with E-state index in [1.54, 1.807) is 12.1 Å². The number of carbonyl (C=O) groups is 2. The molecule has 0 aliphatic carbocycles. The Morgan fingerprint density at radius 1 is 0.921 bits per heavy atom. The lowest BCUT2D eigenvalue weighted by Crippen LogP contribution is -2.53. The topological polar surface area (TPSA) is 86.8 Å². The maximum Gasteiger partial charge on any atom is 0.244 e. The summed E-state index contributed by atoms with van der Waals surface area (Å²) in [4.78, 5) is 28.9. The van der Waals surface area contributed by atoms with Crippen LogP contribution in [0.15, 0.2) is 83.3 Å². The highest BCUT2D eigenvalue weighted by molar-refractivity contribution is 9.10. The first-order chi connectivity index (χ1) is 18.1. The van der Waals surface area contributed by atoms with Gasteiger partial charge in [0.05, 0.1) is 11.9 Å². The molecule has 1 atom stereocenters. The highest BCUT2D eigenvalue weighted by Crippen LogP contribution is 2.25. The first-order valence-electron chi connectivity index (χ1n) is 12.5. The fraction of sp³-hybridized carbons (Fsp3) is 0.310. The molecular weight excluding hydrogens is 566 g/mol. The third kappa shape index (κ3) is 7.91. The van der Waals surface area contributed by atoms with Gasteiger partial charge >= 0.3 is 0 Å². The maximum absolute atomic E-state index is 14.0. The number of para-hydroxylation sites is 1. The van der Waals surface area contributed by atoms with Crippen LogP contribution in [0.2, 0.25) is 0 Å². The van der Waals surface area contributed by atoms with Gasteiger partial charge in [0.15, 0.2) is 0 Å². The Hall–Kier alpha value is -3.17. The third-order valence-electron chi connectivity index (χ3n) is 6.18. The molecule has 1 N–H and O–H groups in total. The van der Waals surface area contributed by atoms with E-state index >= 15 is 0 Å². The summed E-state index contributed by atoms with van der Waals surface area (Å²) in [6.45, 7) is 3.88. The van der Waals surface area contributed by atoms with Crippen LogP contribution in [0.3, 0.4) is 0 Å². The summed E-state index contributed by atoms with van der Waals surface area (Å²) in [6, 6.07) is 23.3. The first-order valence-corrected chi connectivity index (χ1v) is 15.2. The normalized spacial score (nSPS) is 12.0. The van der Waals surface area contributed by atoms with E-state index in [0.29, 0.717) is 18.7 Å². The number of likely N-dealkylation sites (N-methyl/N-ethyl adjacent to an activating group) is 1. The molecule has 0 heterocycles. The number of nitrogens with zero attached hydrogens (tertiary/aromatic N) is 2. The molecule has 0 saturated carbocycles. The van der Waals surface area contributed by atoms with Crippen LogP contribution in [-0.4, -0.2) is 50.5 Å². The van der Waals surface area contributed by atoms with Crippen molar-refractivity contribution in [3.8, 4) is 0 Å². The standard InChI is InChI=1S/C29H34BrN3O4S/c1-4-24-15-9-10-17-26(24)33(38(3,36)37)21-28(34)32(20-23-14-11-16-25(30)18-23)27(29(35)31-5-2)19-22-12-7-6-8-13-22/h6-18,27H,4-5,19-21H2,1-3H3,(H,31,35)/t27-/m1/s1. The maximum atomic E-state index is 14.0. The van der Waals surface area contributed by atoms with Crippen molar-refractivity contribution in [2.45, 2.75) is 39.3 Å². The Bertz CT molecular complexity index is 1350. The molecule has 0 radical (unpaired) electrons. The van der Waals surface area contributed by atoms with E-state index in [1.807, 2.05) is 80.6 Å². The van der Waals surface area contributed by atoms with E-state index in [-0.39, 0.29) is 18.9 Å². The largest absolute Gasteiger partial charge is 0.355 e. The van der Waals surface area contributed by atoms with Crippen molar-refractivity contribution in [3.63, 3.8) is 0 Å². The summed E-state index contributed by atoms with van der Waals surface area (Å²) in [5.41, 5.74) is 2.99. The van der Waals surface area contributed by atoms with Gasteiger partial charge in [-0.2, -0.15) is 0 Å². The second-order valence-corrected chi connectivity index (χ2v) is 11.8. The molecule has 9 heteroatoms. The van der Waals surface area contributed by atoms with E-state index in [4.69, 9.17) is 0 Å². The molecule has 0 saturated heterocycles. The molecule has 202 valence electrons. The number of hydrogen-bond donors (Lipinski definition) is 1. The SMILES string of the molecule is CCNC(=O)[C@@H](Cc1ccccc1)N(Cc1cccc(Br)c1)C(=O)CN(c1ccccc1CC)S(C)(=O)=O. The van der Waals surface area contributed by atoms with Gasteiger partial charge < -0.3 is 10.2 Å². The number of sulfonamides is 1. The molecule has 3 aromatic rings. The average Bonchev–Trinajstić information content (AvgIpc) is 2.89. The summed E-state index contributed by atoms with van der Waals surface area (Å²) < 4.78 is 27.8. The summed E-state index contributed by atoms with van der Waals surface area (Å²) >= 11 is 3.48. The van der Waals surface area contributed by atoms with Gasteiger partial charge in [-0.15, -0.1) is 0 Å². The molecule has 0 fully saturated rings. The number of hydrogen-bond acceptors (Lipinski definition) is 4. The molecule has 0 aliphatic rings. The highest BCUT2D eigenvalue weighted by Gasteiger charge is 2.33. The van der Waals surface area contributed by atoms with Crippen molar-refractivity contribution in [1.29, 1.82) is 0 Å². The summed E-state index contributed by atoms with van der Waals surface area (Å²) in [5.74, 6) is -0.756. The lowest BCUT2D eigenvalue weighted by molar-refractivity contribution is -0.140. The Labute approximate surface area is 234 Å². The number of anilines is 1. The molecule has 0 aliphatic heterocycles. The zero-order valence-corrected chi connectivity index (χ0v) is 24.3. The highest BCUT2D eigenvalue weighted by atomic mass is 79.9. The number of halogens is 1. The molecule has 2 amide bonds. The van der Waals surface area contributed by atoms with Crippen molar-refractivity contribution in [3.05, 3.63) is 100 Å². The average molecular weight is 601 g/mol. The fourth-order valence-corrected chi connectivity index (χ4v) is 5.65. The van der Waals surface area contributed by atoms with Crippen LogP contribution >= 0.6 is 15.9 Å². The zero-order chi connectivity index (χ0) is 27.7. The van der Waals surface area contributed by atoms with Crippen molar-refractivity contribution < 1.29 is 18.0 Å². The van der Waals surface area contributed by atoms with Crippen LogP contribution in [0.1, 0.15) is 30.5 Å². The van der Waals surface area contributed by atoms with Gasteiger partial charge in [0, 0.05) is 24.0 Å². The zero-order valence-electron chi connectivity index (χ0n) is 21.9. The van der Waals surface area contributed by atoms with Crippen molar-refractivity contribution in [2.24, 2.45) is 0 Å². The Morgan fingerprint density at radius 2 is 1.58 bits per heavy atom. The number of benzene rings is 3. The Kier molecular flexibility index (Phi) is 10.5. The molecule has 38 heavy (non-hydrogen) atoms. The number of nitrogens with one attached hydrogen (secondary N) is 1. The smallest absolute Gasteiger partial charge is 0.244 e. The minimum atomic E-state index is -3.80. The van der Waals surface area contributed by atoms with Crippen LogP contribution in [0.5, 0.6) is 0 Å². The van der Waals surface area contributed by atoms with Crippen molar-refractivity contribution in [2.75, 3.05) is 23.7 Å². The summed E-state index contributed by atoms with van der Waals surface area (Å²) in [7, 11) is -3.80. The van der Waals surface area contributed by atoms with Crippen LogP contribution in [0.4, 0.5) is 5.69 Å². The molecule has 0 bridgehead atoms. The quantitative estimate of drug-likeness (QED) is 0.331. The van der Waals surface area contributed by atoms with E-state index < -0.39 is 28.5 Å². The second kappa shape index (κ2) is 13.6. The molecule has 0 aromatic heterocycles. The monoisotopic (exact) mass is 599 g/mol. The van der Waals surface area contributed by atoms with Gasteiger partial charge in [-0.25, -0.2) is 8.42 Å². The number of amides is 2. The predicted octanol–water partition coefficient (Wildman–Crippen LogP) is 4.55. The van der Waals surface area contributed by atoms with Crippen LogP contribution in [0.25, 0.3) is 0 Å². The number of carbonyl (C=O) groups excluding carboxylic acids is 2. The van der Waals surface area contributed by atoms with E-state index in [2.05, 4.69) is 21.2 Å². The van der Waals surface area contributed by atoms with Gasteiger partial charge in [-0.05, 0) is 48.2 Å². The number of aryl methyl sites for hydroxylation is 1. The first kappa shape index (κ1) is 29.4. The molecular formula is C29H34BrN3O4S. The predicted molar refractivity (Wildman–Crippen MR) is 155 cm³/mol. The molecule has 0 unspecified atom stereocenters. The molecule has 0 spiro atoms. The summed E-state index contributed by atoms with van der Waals surface area (Å²) in [6.07, 6.45) is 1.99. The van der Waals surface area contributed by atoms with Gasteiger partial charge in [0.25, 0.3) is 0 Å². The van der Waals surface area contributed by atoms with E-state index in [0.717, 1.165) is 31.7 Å². The Morgan fingerprint density at radius 3 is 2.21 bits per heavy atom. The molecule has 3 rings (SSSR count). The van der Waals surface area contributed by atoms with Gasteiger partial charge in [0.2, 0.25) is 21.8 Å². The van der Waals surface area contributed by atoms with Gasteiger partial charge in [0.1, 0.15) is 12.6 Å². The number of rotatable bonds is 12. The van der Waals surface area contributed by atoms with E-state index in [9.17, 15) is 18.0 Å². The minimum Gasteiger partial charge on any atom is -0.355 e. The lowest BCUT2D eigenvalue weighted by atomic mass is 10.0. The van der Waals surface area contributed by atoms with Crippen molar-refractivity contribution in [1.82, 2.24) is 10.2 Å². The van der Waals surface area contributed by atoms with Crippen LogP contribution in [0, 0.1) is 0 Å². The third-order valence-corrected chi connectivity index (χ3v) is 7.80. The second-order valence-electron chi connectivity index (χ2n) is 9.00. The molecule has 3 aromatic carbocycles. The Balaban J connectivity index is 2.06. The lowest BCUT2D eigenvalue weighted by Gasteiger charge is -2.34. The van der Waals surface area contributed by atoms with E-state index in [1.165, 1.54) is 4.90 Å². The summed E-state index contributed by atoms with van der Waals surface area (Å²) in [5, 5.41) is 2.86. The van der Waals surface area contributed by atoms with Crippen molar-refractivity contribution >= 4 is 43.5 Å². The van der Waals surface area contributed by atoms with Gasteiger partial charge in [-0.3, -0.25) is 13.9 Å². The van der Waals surface area contributed by atoms with Crippen LogP contribution in [-0.2, 0) is 39.0 Å². The minimum absolute atomic E-state index is 0.139. The van der Waals surface area contributed by atoms with Crippen LogP contribution < -0.4 is 9.62 Å². The fourth-order valence-electron chi connectivity index (χ4n) is 4.33.